The lowest BCUT2D eigenvalue weighted by Crippen LogP contribution is -2.02. The molecule has 2 rings (SSSR count). The van der Waals surface area contributed by atoms with Gasteiger partial charge in [-0.05, 0) is 42.9 Å². The van der Waals surface area contributed by atoms with Crippen LogP contribution >= 0.6 is 0 Å². The van der Waals surface area contributed by atoms with E-state index in [4.69, 9.17) is 4.84 Å². The first-order chi connectivity index (χ1) is 9.29. The molecule has 1 aliphatic rings. The summed E-state index contributed by atoms with van der Waals surface area (Å²) in [5.74, 6) is -0.249. The second-order valence-electron chi connectivity index (χ2n) is 4.69. The van der Waals surface area contributed by atoms with E-state index in [1.54, 1.807) is 0 Å². The van der Waals surface area contributed by atoms with Gasteiger partial charge in [-0.1, -0.05) is 42.4 Å². The van der Waals surface area contributed by atoms with E-state index in [-0.39, 0.29) is 5.97 Å². The molecule has 1 aromatic rings. The molecule has 0 heterocycles. The summed E-state index contributed by atoms with van der Waals surface area (Å²) in [6.07, 6.45) is 6.30. The highest BCUT2D eigenvalue weighted by atomic mass is 16.7. The molecule has 0 bridgehead atoms. The van der Waals surface area contributed by atoms with Gasteiger partial charge in [-0.25, -0.2) is 4.79 Å². The van der Waals surface area contributed by atoms with E-state index < -0.39 is 0 Å². The van der Waals surface area contributed by atoms with Crippen molar-refractivity contribution in [2.45, 2.75) is 39.0 Å². The molecule has 1 aliphatic carbocycles. The van der Waals surface area contributed by atoms with E-state index in [9.17, 15) is 4.79 Å². The van der Waals surface area contributed by atoms with E-state index in [1.807, 2.05) is 25.1 Å². The van der Waals surface area contributed by atoms with Gasteiger partial charge in [0.05, 0.1) is 5.71 Å². The number of carbonyl (C=O) groups is 1. The lowest BCUT2D eigenvalue weighted by molar-refractivity contribution is -0.143. The smallest absolute Gasteiger partial charge is 0.318 e. The molecule has 0 radical (unpaired) electrons. The first kappa shape index (κ1) is 13.5. The standard InChI is InChI=1S/C16H19NO2/c1-2-7-16(18)19-17-15-11-6-10-14(15)12-13-8-4-3-5-9-13/h3-5,8-9,12H,2,6-7,10-11H2,1H3/b14-12+,17-15-. The topological polar surface area (TPSA) is 38.7 Å². The number of carbonyl (C=O) groups excluding carboxylic acids is 1. The molecule has 0 aromatic heterocycles. The van der Waals surface area contributed by atoms with E-state index in [1.165, 1.54) is 5.57 Å². The number of oxime groups is 1. The van der Waals surface area contributed by atoms with Crippen molar-refractivity contribution >= 4 is 17.8 Å². The van der Waals surface area contributed by atoms with Gasteiger partial charge in [0.15, 0.2) is 0 Å². The van der Waals surface area contributed by atoms with Crippen LogP contribution in [0.3, 0.4) is 0 Å². The van der Waals surface area contributed by atoms with Crippen molar-refractivity contribution in [3.8, 4) is 0 Å². The fourth-order valence-electron chi connectivity index (χ4n) is 2.12. The maximum Gasteiger partial charge on any atom is 0.335 e. The van der Waals surface area contributed by atoms with Gasteiger partial charge in [-0.15, -0.1) is 0 Å². The predicted octanol–water partition coefficient (Wildman–Crippen LogP) is 3.95. The van der Waals surface area contributed by atoms with E-state index in [0.717, 1.165) is 37.0 Å². The minimum Gasteiger partial charge on any atom is -0.318 e. The summed E-state index contributed by atoms with van der Waals surface area (Å²) in [5, 5.41) is 4.02. The van der Waals surface area contributed by atoms with Gasteiger partial charge in [0, 0.05) is 6.42 Å². The van der Waals surface area contributed by atoms with Gasteiger partial charge in [0.2, 0.25) is 0 Å². The summed E-state index contributed by atoms with van der Waals surface area (Å²) in [5.41, 5.74) is 3.25. The number of allylic oxidation sites excluding steroid dienone is 1. The van der Waals surface area contributed by atoms with Crippen LogP contribution in [0.25, 0.3) is 6.08 Å². The van der Waals surface area contributed by atoms with Crippen molar-refractivity contribution in [3.63, 3.8) is 0 Å². The molecule has 0 unspecified atom stereocenters. The molecule has 3 heteroatoms. The van der Waals surface area contributed by atoms with Gasteiger partial charge >= 0.3 is 5.97 Å². The first-order valence-corrected chi connectivity index (χ1v) is 6.82. The second kappa shape index (κ2) is 6.88. The van der Waals surface area contributed by atoms with Crippen LogP contribution < -0.4 is 0 Å². The van der Waals surface area contributed by atoms with Gasteiger partial charge in [0.1, 0.15) is 0 Å². The molecule has 0 N–H and O–H groups in total. The molecule has 0 amide bonds. The number of nitrogens with zero attached hydrogens (tertiary/aromatic N) is 1. The zero-order chi connectivity index (χ0) is 13.5. The van der Waals surface area contributed by atoms with Crippen molar-refractivity contribution in [1.29, 1.82) is 0 Å². The molecule has 19 heavy (non-hydrogen) atoms. The first-order valence-electron chi connectivity index (χ1n) is 6.82. The summed E-state index contributed by atoms with van der Waals surface area (Å²) in [4.78, 5) is 16.3. The van der Waals surface area contributed by atoms with Gasteiger partial charge in [-0.2, -0.15) is 0 Å². The van der Waals surface area contributed by atoms with E-state index in [2.05, 4.69) is 23.4 Å². The van der Waals surface area contributed by atoms with Crippen LogP contribution in [0.15, 0.2) is 41.1 Å². The second-order valence-corrected chi connectivity index (χ2v) is 4.69. The Hall–Kier alpha value is -1.90. The fourth-order valence-corrected chi connectivity index (χ4v) is 2.12. The van der Waals surface area contributed by atoms with Gasteiger partial charge < -0.3 is 4.84 Å². The fraction of sp³-hybridized carbons (Fsp3) is 0.375. The lowest BCUT2D eigenvalue weighted by atomic mass is 10.1. The number of benzene rings is 1. The molecule has 1 fully saturated rings. The summed E-state index contributed by atoms with van der Waals surface area (Å²) in [7, 11) is 0. The Balaban J connectivity index is 2.06. The van der Waals surface area contributed by atoms with Gasteiger partial charge in [0.25, 0.3) is 0 Å². The lowest BCUT2D eigenvalue weighted by Gasteiger charge is -2.01. The highest BCUT2D eigenvalue weighted by Gasteiger charge is 2.16. The minimum absolute atomic E-state index is 0.249. The molecule has 1 saturated carbocycles. The average molecular weight is 257 g/mol. The minimum atomic E-state index is -0.249. The Morgan fingerprint density at radius 1 is 1.32 bits per heavy atom. The molecule has 0 atom stereocenters. The van der Waals surface area contributed by atoms with Crippen LogP contribution in [0.1, 0.15) is 44.6 Å². The molecular weight excluding hydrogens is 238 g/mol. The molecule has 1 aromatic carbocycles. The predicted molar refractivity (Wildman–Crippen MR) is 76.7 cm³/mol. The Morgan fingerprint density at radius 2 is 2.11 bits per heavy atom. The molecular formula is C16H19NO2. The molecule has 0 saturated heterocycles. The molecule has 0 aliphatic heterocycles. The van der Waals surface area contributed by atoms with Crippen LogP contribution in [0, 0.1) is 0 Å². The van der Waals surface area contributed by atoms with Crippen molar-refractivity contribution < 1.29 is 9.63 Å². The summed E-state index contributed by atoms with van der Waals surface area (Å²) in [6, 6.07) is 10.1. The van der Waals surface area contributed by atoms with Crippen LogP contribution in [-0.2, 0) is 9.63 Å². The van der Waals surface area contributed by atoms with Crippen LogP contribution in [0.5, 0.6) is 0 Å². The third-order valence-corrected chi connectivity index (χ3v) is 3.08. The highest BCUT2D eigenvalue weighted by molar-refractivity contribution is 6.05. The zero-order valence-electron chi connectivity index (χ0n) is 11.3. The van der Waals surface area contributed by atoms with Gasteiger partial charge in [-0.3, -0.25) is 0 Å². The summed E-state index contributed by atoms with van der Waals surface area (Å²) < 4.78 is 0. The highest BCUT2D eigenvalue weighted by Crippen LogP contribution is 2.24. The maximum absolute atomic E-state index is 11.3. The molecule has 3 nitrogen and oxygen atoms in total. The summed E-state index contributed by atoms with van der Waals surface area (Å²) in [6.45, 7) is 1.95. The third-order valence-electron chi connectivity index (χ3n) is 3.08. The Morgan fingerprint density at radius 3 is 2.84 bits per heavy atom. The van der Waals surface area contributed by atoms with Crippen molar-refractivity contribution in [2.75, 3.05) is 0 Å². The van der Waals surface area contributed by atoms with Crippen molar-refractivity contribution in [1.82, 2.24) is 0 Å². The van der Waals surface area contributed by atoms with Crippen LogP contribution in [-0.4, -0.2) is 11.7 Å². The molecule has 100 valence electrons. The van der Waals surface area contributed by atoms with Crippen molar-refractivity contribution in [2.24, 2.45) is 5.16 Å². The van der Waals surface area contributed by atoms with Crippen molar-refractivity contribution in [3.05, 3.63) is 41.5 Å². The van der Waals surface area contributed by atoms with Crippen LogP contribution in [0.2, 0.25) is 0 Å². The molecule has 0 spiro atoms. The zero-order valence-corrected chi connectivity index (χ0v) is 11.3. The Kier molecular flexibility index (Phi) is 4.90. The quantitative estimate of drug-likeness (QED) is 0.605. The monoisotopic (exact) mass is 257 g/mol. The number of rotatable bonds is 4. The van der Waals surface area contributed by atoms with E-state index in [0.29, 0.717) is 6.42 Å². The number of hydrogen-bond acceptors (Lipinski definition) is 3. The SMILES string of the molecule is CCCC(=O)O/N=C1/CCC/C1=C\c1ccccc1. The largest absolute Gasteiger partial charge is 0.335 e. The van der Waals surface area contributed by atoms with E-state index >= 15 is 0 Å². The normalized spacial score (nSPS) is 19.0. The average Bonchev–Trinajstić information content (AvgIpc) is 2.85. The Bertz CT molecular complexity index is 489. The number of hydrogen-bond donors (Lipinski definition) is 0. The third kappa shape index (κ3) is 4.05. The Labute approximate surface area is 114 Å². The van der Waals surface area contributed by atoms with Crippen LogP contribution in [0.4, 0.5) is 0 Å². The summed E-state index contributed by atoms with van der Waals surface area (Å²) >= 11 is 0. The maximum atomic E-state index is 11.3.